The fourth-order valence-corrected chi connectivity index (χ4v) is 5.38. The second-order valence-electron chi connectivity index (χ2n) is 9.21. The van der Waals surface area contributed by atoms with Crippen LogP contribution in [0.4, 0.5) is 23.1 Å². The van der Waals surface area contributed by atoms with Gasteiger partial charge in [0.05, 0.1) is 18.1 Å². The summed E-state index contributed by atoms with van der Waals surface area (Å²) < 4.78 is 32.8. The molecule has 0 bridgehead atoms. The van der Waals surface area contributed by atoms with Gasteiger partial charge in [-0.3, -0.25) is 0 Å². The van der Waals surface area contributed by atoms with Crippen molar-refractivity contribution < 1.29 is 13.2 Å². The molecule has 34 heavy (non-hydrogen) atoms. The van der Waals surface area contributed by atoms with E-state index in [1.54, 1.807) is 30.5 Å². The van der Waals surface area contributed by atoms with E-state index >= 15 is 0 Å². The predicted octanol–water partition coefficient (Wildman–Crippen LogP) is 4.49. The normalized spacial score (nSPS) is 15.2. The molecule has 0 radical (unpaired) electrons. The highest BCUT2D eigenvalue weighted by molar-refractivity contribution is 7.89. The van der Waals surface area contributed by atoms with Crippen LogP contribution in [0.3, 0.4) is 0 Å². The molecule has 1 saturated heterocycles. The van der Waals surface area contributed by atoms with E-state index in [1.165, 1.54) is 4.31 Å². The van der Waals surface area contributed by atoms with E-state index in [4.69, 9.17) is 9.72 Å². The van der Waals surface area contributed by atoms with Crippen LogP contribution < -0.4 is 10.2 Å². The number of aromatic nitrogens is 2. The molecule has 1 aliphatic heterocycles. The SMILES string of the molecule is Cc1cnc(Nc2cccc(S(=O)(=O)N3CCOCC3)c2)nc1N(c1ccccc1)C(C)(C)C. The second kappa shape index (κ2) is 9.69. The molecule has 180 valence electrons. The van der Waals surface area contributed by atoms with Gasteiger partial charge in [0.25, 0.3) is 0 Å². The minimum absolute atomic E-state index is 0.229. The van der Waals surface area contributed by atoms with Crippen LogP contribution in [-0.4, -0.2) is 54.5 Å². The molecule has 0 atom stereocenters. The predicted molar refractivity (Wildman–Crippen MR) is 134 cm³/mol. The summed E-state index contributed by atoms with van der Waals surface area (Å²) in [4.78, 5) is 11.7. The Morgan fingerprint density at radius 1 is 1.03 bits per heavy atom. The van der Waals surface area contributed by atoms with Gasteiger partial charge in [0.2, 0.25) is 16.0 Å². The van der Waals surface area contributed by atoms with Crippen LogP contribution in [-0.2, 0) is 14.8 Å². The van der Waals surface area contributed by atoms with E-state index in [1.807, 2.05) is 25.1 Å². The van der Waals surface area contributed by atoms with Gasteiger partial charge in [-0.1, -0.05) is 24.3 Å². The third-order valence-electron chi connectivity index (χ3n) is 5.54. The molecule has 9 heteroatoms. The van der Waals surface area contributed by atoms with Crippen molar-refractivity contribution in [3.05, 3.63) is 66.4 Å². The maximum Gasteiger partial charge on any atom is 0.243 e. The highest BCUT2D eigenvalue weighted by Gasteiger charge is 2.28. The van der Waals surface area contributed by atoms with Crippen molar-refractivity contribution in [3.8, 4) is 0 Å². The standard InChI is InChI=1S/C25H31N5O3S/c1-19-18-26-24(28-23(19)30(25(2,3)4)21-10-6-5-7-11-21)27-20-9-8-12-22(17-20)34(31,32)29-13-15-33-16-14-29/h5-12,17-18H,13-16H2,1-4H3,(H,26,27,28). The Morgan fingerprint density at radius 2 is 1.74 bits per heavy atom. The van der Waals surface area contributed by atoms with E-state index < -0.39 is 10.0 Å². The van der Waals surface area contributed by atoms with E-state index in [9.17, 15) is 8.42 Å². The number of sulfonamides is 1. The van der Waals surface area contributed by atoms with Crippen molar-refractivity contribution in [2.24, 2.45) is 0 Å². The van der Waals surface area contributed by atoms with Crippen LogP contribution in [0.2, 0.25) is 0 Å². The summed E-state index contributed by atoms with van der Waals surface area (Å²) in [6, 6.07) is 16.9. The van der Waals surface area contributed by atoms with Crippen LogP contribution in [0.25, 0.3) is 0 Å². The van der Waals surface area contributed by atoms with Crippen LogP contribution in [0, 0.1) is 6.92 Å². The van der Waals surface area contributed by atoms with E-state index in [0.717, 1.165) is 17.1 Å². The molecule has 3 aromatic rings. The zero-order valence-electron chi connectivity index (χ0n) is 20.0. The number of para-hydroxylation sites is 1. The molecule has 1 aliphatic rings. The highest BCUT2D eigenvalue weighted by atomic mass is 32.2. The number of ether oxygens (including phenoxy) is 1. The van der Waals surface area contributed by atoms with Crippen molar-refractivity contribution in [1.82, 2.24) is 14.3 Å². The minimum Gasteiger partial charge on any atom is -0.379 e. The molecule has 0 unspecified atom stereocenters. The first-order chi connectivity index (χ1) is 16.2. The topological polar surface area (TPSA) is 87.7 Å². The van der Waals surface area contributed by atoms with Crippen LogP contribution >= 0.6 is 0 Å². The number of benzene rings is 2. The number of nitrogens with one attached hydrogen (secondary N) is 1. The van der Waals surface area contributed by atoms with Gasteiger partial charge in [0.15, 0.2) is 0 Å². The summed E-state index contributed by atoms with van der Waals surface area (Å²) in [5.74, 6) is 1.18. The van der Waals surface area contributed by atoms with E-state index in [0.29, 0.717) is 37.9 Å². The third-order valence-corrected chi connectivity index (χ3v) is 7.43. The smallest absolute Gasteiger partial charge is 0.243 e. The zero-order chi connectivity index (χ0) is 24.3. The number of aryl methyl sites for hydroxylation is 1. The first-order valence-electron chi connectivity index (χ1n) is 11.3. The van der Waals surface area contributed by atoms with Gasteiger partial charge in [-0.15, -0.1) is 0 Å². The van der Waals surface area contributed by atoms with Gasteiger partial charge < -0.3 is 15.0 Å². The monoisotopic (exact) mass is 481 g/mol. The van der Waals surface area contributed by atoms with Crippen molar-refractivity contribution in [1.29, 1.82) is 0 Å². The Hall–Kier alpha value is -3.01. The summed E-state index contributed by atoms with van der Waals surface area (Å²) in [5.41, 5.74) is 2.34. The minimum atomic E-state index is -3.60. The fraction of sp³-hybridized carbons (Fsp3) is 0.360. The van der Waals surface area contributed by atoms with Gasteiger partial charge >= 0.3 is 0 Å². The average molecular weight is 482 g/mol. The molecule has 1 N–H and O–H groups in total. The first-order valence-corrected chi connectivity index (χ1v) is 12.7. The number of morpholine rings is 1. The molecule has 2 heterocycles. The Kier molecular flexibility index (Phi) is 6.88. The molecule has 1 aromatic heterocycles. The number of hydrogen-bond donors (Lipinski definition) is 1. The maximum atomic E-state index is 13.1. The Labute approximate surface area is 201 Å². The molecule has 0 aliphatic carbocycles. The highest BCUT2D eigenvalue weighted by Crippen LogP contribution is 2.34. The molecular weight excluding hydrogens is 450 g/mol. The van der Waals surface area contributed by atoms with Crippen molar-refractivity contribution in [2.45, 2.75) is 38.1 Å². The molecule has 4 rings (SSSR count). The fourth-order valence-electron chi connectivity index (χ4n) is 3.92. The number of anilines is 4. The van der Waals surface area contributed by atoms with Gasteiger partial charge in [-0.25, -0.2) is 13.4 Å². The van der Waals surface area contributed by atoms with Gasteiger partial charge in [0, 0.05) is 41.8 Å². The molecule has 8 nitrogen and oxygen atoms in total. The average Bonchev–Trinajstić information content (AvgIpc) is 2.82. The second-order valence-corrected chi connectivity index (χ2v) is 11.1. The zero-order valence-corrected chi connectivity index (χ0v) is 20.8. The van der Waals surface area contributed by atoms with Crippen LogP contribution in [0.15, 0.2) is 65.7 Å². The lowest BCUT2D eigenvalue weighted by molar-refractivity contribution is 0.0730. The van der Waals surface area contributed by atoms with Crippen molar-refractivity contribution >= 4 is 33.2 Å². The summed E-state index contributed by atoms with van der Waals surface area (Å²) >= 11 is 0. The Morgan fingerprint density at radius 3 is 2.41 bits per heavy atom. The number of nitrogens with zero attached hydrogens (tertiary/aromatic N) is 4. The van der Waals surface area contributed by atoms with Gasteiger partial charge in [-0.05, 0) is 58.0 Å². The van der Waals surface area contributed by atoms with Gasteiger partial charge in [-0.2, -0.15) is 9.29 Å². The molecular formula is C25H31N5O3S. The van der Waals surface area contributed by atoms with Crippen molar-refractivity contribution in [3.63, 3.8) is 0 Å². The molecule has 0 spiro atoms. The largest absolute Gasteiger partial charge is 0.379 e. The maximum absolute atomic E-state index is 13.1. The Balaban J connectivity index is 1.65. The number of rotatable bonds is 6. The molecule has 0 amide bonds. The molecule has 2 aromatic carbocycles. The lowest BCUT2D eigenvalue weighted by Gasteiger charge is -2.37. The van der Waals surface area contributed by atoms with Crippen LogP contribution in [0.5, 0.6) is 0 Å². The third kappa shape index (κ3) is 5.22. The molecule has 0 saturated carbocycles. The van der Waals surface area contributed by atoms with Crippen LogP contribution in [0.1, 0.15) is 26.3 Å². The Bertz CT molecular complexity index is 1240. The van der Waals surface area contributed by atoms with E-state index in [2.05, 4.69) is 48.1 Å². The van der Waals surface area contributed by atoms with E-state index in [-0.39, 0.29) is 10.4 Å². The van der Waals surface area contributed by atoms with Crippen molar-refractivity contribution in [2.75, 3.05) is 36.5 Å². The molecule has 1 fully saturated rings. The summed E-state index contributed by atoms with van der Waals surface area (Å²) in [5, 5.41) is 3.19. The van der Waals surface area contributed by atoms with Gasteiger partial charge in [0.1, 0.15) is 5.82 Å². The summed E-state index contributed by atoms with van der Waals surface area (Å²) in [6.07, 6.45) is 1.78. The first kappa shape index (κ1) is 24.1. The summed E-state index contributed by atoms with van der Waals surface area (Å²) in [6.45, 7) is 9.90. The summed E-state index contributed by atoms with van der Waals surface area (Å²) in [7, 11) is -3.60. The lowest BCUT2D eigenvalue weighted by Crippen LogP contribution is -2.40. The lowest BCUT2D eigenvalue weighted by atomic mass is 10.0. The quantitative estimate of drug-likeness (QED) is 0.555. The number of hydrogen-bond acceptors (Lipinski definition) is 7.